The maximum Gasteiger partial charge on any atom is 0.254 e. The number of benzene rings is 1. The third-order valence-corrected chi connectivity index (χ3v) is 3.49. The SMILES string of the molecule is CC(C)NC(=O)C1COCCN1C(=O)c1cccc(S)c1. The van der Waals surface area contributed by atoms with Crippen molar-refractivity contribution in [1.82, 2.24) is 10.2 Å². The number of hydrogen-bond donors (Lipinski definition) is 2. The lowest BCUT2D eigenvalue weighted by molar-refractivity contribution is -0.131. The molecule has 1 aromatic carbocycles. The maximum absolute atomic E-state index is 12.6. The summed E-state index contributed by atoms with van der Waals surface area (Å²) >= 11 is 4.25. The molecule has 1 aromatic rings. The highest BCUT2D eigenvalue weighted by molar-refractivity contribution is 7.80. The monoisotopic (exact) mass is 308 g/mol. The summed E-state index contributed by atoms with van der Waals surface area (Å²) in [5, 5.41) is 2.83. The minimum absolute atomic E-state index is 0.0251. The van der Waals surface area contributed by atoms with Gasteiger partial charge >= 0.3 is 0 Å². The van der Waals surface area contributed by atoms with Gasteiger partial charge in [0, 0.05) is 23.0 Å². The third kappa shape index (κ3) is 3.98. The zero-order valence-electron chi connectivity index (χ0n) is 12.2. The molecule has 1 unspecified atom stereocenters. The molecule has 0 spiro atoms. The highest BCUT2D eigenvalue weighted by atomic mass is 32.1. The van der Waals surface area contributed by atoms with Crippen LogP contribution in [0.15, 0.2) is 29.2 Å². The molecular weight excluding hydrogens is 288 g/mol. The Balaban J connectivity index is 2.18. The van der Waals surface area contributed by atoms with Crippen LogP contribution in [0.4, 0.5) is 0 Å². The first-order chi connectivity index (χ1) is 9.99. The van der Waals surface area contributed by atoms with Crippen LogP contribution < -0.4 is 5.32 Å². The predicted molar refractivity (Wildman–Crippen MR) is 82.6 cm³/mol. The number of nitrogens with one attached hydrogen (secondary N) is 1. The van der Waals surface area contributed by atoms with E-state index in [0.717, 1.165) is 4.90 Å². The molecule has 0 radical (unpaired) electrons. The van der Waals surface area contributed by atoms with Gasteiger partial charge in [0.15, 0.2) is 0 Å². The first kappa shape index (κ1) is 15.9. The molecule has 0 aliphatic carbocycles. The number of ether oxygens (including phenoxy) is 1. The van der Waals surface area contributed by atoms with Crippen LogP contribution in [0, 0.1) is 0 Å². The number of thiol groups is 1. The van der Waals surface area contributed by atoms with Crippen molar-refractivity contribution >= 4 is 24.4 Å². The Labute approximate surface area is 130 Å². The zero-order valence-corrected chi connectivity index (χ0v) is 13.1. The van der Waals surface area contributed by atoms with E-state index in [4.69, 9.17) is 4.74 Å². The van der Waals surface area contributed by atoms with Crippen LogP contribution in [0.3, 0.4) is 0 Å². The quantitative estimate of drug-likeness (QED) is 0.829. The normalized spacial score (nSPS) is 18.7. The van der Waals surface area contributed by atoms with Gasteiger partial charge in [0.1, 0.15) is 6.04 Å². The number of hydrogen-bond acceptors (Lipinski definition) is 4. The second-order valence-corrected chi connectivity index (χ2v) is 5.82. The van der Waals surface area contributed by atoms with Gasteiger partial charge in [-0.2, -0.15) is 0 Å². The molecule has 2 amide bonds. The van der Waals surface area contributed by atoms with Crippen molar-refractivity contribution < 1.29 is 14.3 Å². The van der Waals surface area contributed by atoms with Gasteiger partial charge < -0.3 is 15.0 Å². The summed E-state index contributed by atoms with van der Waals surface area (Å²) in [7, 11) is 0. The van der Waals surface area contributed by atoms with Crippen molar-refractivity contribution in [3.63, 3.8) is 0 Å². The Kier molecular flexibility index (Phi) is 5.25. The van der Waals surface area contributed by atoms with Crippen LogP contribution >= 0.6 is 12.6 Å². The van der Waals surface area contributed by atoms with Crippen LogP contribution in [0.25, 0.3) is 0 Å². The Morgan fingerprint density at radius 1 is 1.43 bits per heavy atom. The minimum Gasteiger partial charge on any atom is -0.377 e. The fourth-order valence-corrected chi connectivity index (χ4v) is 2.47. The summed E-state index contributed by atoms with van der Waals surface area (Å²) in [4.78, 5) is 27.1. The third-order valence-electron chi connectivity index (χ3n) is 3.22. The fourth-order valence-electron chi connectivity index (χ4n) is 2.25. The van der Waals surface area contributed by atoms with Crippen molar-refractivity contribution in [1.29, 1.82) is 0 Å². The summed E-state index contributed by atoms with van der Waals surface area (Å²) in [6.07, 6.45) is 0. The van der Waals surface area contributed by atoms with E-state index < -0.39 is 6.04 Å². The predicted octanol–water partition coefficient (Wildman–Crippen LogP) is 1.34. The maximum atomic E-state index is 12.6. The Morgan fingerprint density at radius 3 is 2.86 bits per heavy atom. The average molecular weight is 308 g/mol. The van der Waals surface area contributed by atoms with Gasteiger partial charge in [0.2, 0.25) is 5.91 Å². The largest absolute Gasteiger partial charge is 0.377 e. The van der Waals surface area contributed by atoms with Crippen LogP contribution in [0.5, 0.6) is 0 Å². The molecule has 2 rings (SSSR count). The van der Waals surface area contributed by atoms with E-state index >= 15 is 0 Å². The van der Waals surface area contributed by atoms with Gasteiger partial charge in [0.05, 0.1) is 13.2 Å². The smallest absolute Gasteiger partial charge is 0.254 e. The number of rotatable bonds is 3. The number of morpholine rings is 1. The molecule has 1 atom stereocenters. The molecule has 1 aliphatic heterocycles. The van der Waals surface area contributed by atoms with E-state index in [1.165, 1.54) is 0 Å². The van der Waals surface area contributed by atoms with Crippen LogP contribution in [0.2, 0.25) is 0 Å². The first-order valence-electron chi connectivity index (χ1n) is 6.97. The number of amides is 2. The van der Waals surface area contributed by atoms with Crippen molar-refractivity contribution in [3.05, 3.63) is 29.8 Å². The highest BCUT2D eigenvalue weighted by Gasteiger charge is 2.33. The summed E-state index contributed by atoms with van der Waals surface area (Å²) < 4.78 is 5.35. The molecule has 1 fully saturated rings. The lowest BCUT2D eigenvalue weighted by atomic mass is 10.1. The van der Waals surface area contributed by atoms with Crippen LogP contribution in [-0.2, 0) is 9.53 Å². The standard InChI is InChI=1S/C15H20N2O3S/c1-10(2)16-14(18)13-9-20-7-6-17(13)15(19)11-4-3-5-12(21)8-11/h3-5,8,10,13,21H,6-7,9H2,1-2H3,(H,16,18). The fraction of sp³-hybridized carbons (Fsp3) is 0.467. The molecule has 1 N–H and O–H groups in total. The Bertz CT molecular complexity index is 533. The number of carbonyl (C=O) groups excluding carboxylic acids is 2. The summed E-state index contributed by atoms with van der Waals surface area (Å²) in [6, 6.07) is 6.46. The van der Waals surface area contributed by atoms with Gasteiger partial charge in [-0.05, 0) is 32.0 Å². The van der Waals surface area contributed by atoms with Crippen molar-refractivity contribution in [2.45, 2.75) is 30.8 Å². The van der Waals surface area contributed by atoms with Gasteiger partial charge in [0.25, 0.3) is 5.91 Å². The van der Waals surface area contributed by atoms with E-state index in [0.29, 0.717) is 18.7 Å². The minimum atomic E-state index is -0.586. The average Bonchev–Trinajstić information content (AvgIpc) is 2.46. The van der Waals surface area contributed by atoms with Gasteiger partial charge in [-0.25, -0.2) is 0 Å². The molecule has 1 saturated heterocycles. The lowest BCUT2D eigenvalue weighted by Gasteiger charge is -2.35. The number of carbonyl (C=O) groups is 2. The zero-order chi connectivity index (χ0) is 15.4. The highest BCUT2D eigenvalue weighted by Crippen LogP contribution is 2.15. The summed E-state index contributed by atoms with van der Waals surface area (Å²) in [6.45, 7) is 4.85. The van der Waals surface area contributed by atoms with Crippen molar-refractivity contribution in [3.8, 4) is 0 Å². The topological polar surface area (TPSA) is 58.6 Å². The molecule has 114 valence electrons. The summed E-state index contributed by atoms with van der Waals surface area (Å²) in [5.74, 6) is -0.349. The van der Waals surface area contributed by atoms with E-state index in [9.17, 15) is 9.59 Å². The molecule has 0 bridgehead atoms. The van der Waals surface area contributed by atoms with Gasteiger partial charge in [-0.1, -0.05) is 6.07 Å². The lowest BCUT2D eigenvalue weighted by Crippen LogP contribution is -2.56. The van der Waals surface area contributed by atoms with Crippen LogP contribution in [0.1, 0.15) is 24.2 Å². The molecule has 1 aliphatic rings. The molecule has 6 heteroatoms. The van der Waals surface area contributed by atoms with E-state index in [2.05, 4.69) is 17.9 Å². The number of nitrogens with zero attached hydrogens (tertiary/aromatic N) is 1. The summed E-state index contributed by atoms with van der Waals surface area (Å²) in [5.41, 5.74) is 0.534. The second kappa shape index (κ2) is 6.95. The second-order valence-electron chi connectivity index (χ2n) is 5.30. The first-order valence-corrected chi connectivity index (χ1v) is 7.42. The van der Waals surface area contributed by atoms with Crippen molar-refractivity contribution in [2.24, 2.45) is 0 Å². The van der Waals surface area contributed by atoms with Crippen molar-refractivity contribution in [2.75, 3.05) is 19.8 Å². The Morgan fingerprint density at radius 2 is 2.19 bits per heavy atom. The molecule has 0 aromatic heterocycles. The van der Waals surface area contributed by atoms with Gasteiger partial charge in [-0.3, -0.25) is 9.59 Å². The van der Waals surface area contributed by atoms with E-state index in [-0.39, 0.29) is 24.5 Å². The molecule has 1 heterocycles. The van der Waals surface area contributed by atoms with Crippen LogP contribution in [-0.4, -0.2) is 48.6 Å². The Hall–Kier alpha value is -1.53. The van der Waals surface area contributed by atoms with E-state index in [1.54, 1.807) is 23.1 Å². The molecule has 21 heavy (non-hydrogen) atoms. The molecule has 0 saturated carbocycles. The molecule has 5 nitrogen and oxygen atoms in total. The van der Waals surface area contributed by atoms with Gasteiger partial charge in [-0.15, -0.1) is 12.6 Å². The molecular formula is C15H20N2O3S. The van der Waals surface area contributed by atoms with E-state index in [1.807, 2.05) is 19.9 Å².